The third-order valence-corrected chi connectivity index (χ3v) is 4.02. The van der Waals surface area contributed by atoms with Crippen LogP contribution in [0.4, 0.5) is 5.82 Å². The maximum Gasteiger partial charge on any atom is 0.272 e. The number of rotatable bonds is 4. The molecule has 0 aliphatic carbocycles. The van der Waals surface area contributed by atoms with Crippen LogP contribution in [0.2, 0.25) is 0 Å². The van der Waals surface area contributed by atoms with Gasteiger partial charge in [0.15, 0.2) is 0 Å². The molecule has 1 aliphatic heterocycles. The molecule has 1 amide bonds. The largest absolute Gasteiger partial charge is 0.378 e. The second-order valence-electron chi connectivity index (χ2n) is 5.87. The molecular formula is C18H22N4O2. The van der Waals surface area contributed by atoms with Gasteiger partial charge in [0, 0.05) is 25.2 Å². The van der Waals surface area contributed by atoms with Gasteiger partial charge in [-0.1, -0.05) is 30.3 Å². The van der Waals surface area contributed by atoms with Crippen LogP contribution in [-0.2, 0) is 4.74 Å². The minimum atomic E-state index is -0.0702. The summed E-state index contributed by atoms with van der Waals surface area (Å²) in [7, 11) is 0. The number of hydrogen-bond donors (Lipinski definition) is 1. The quantitative estimate of drug-likeness (QED) is 0.934. The molecule has 3 rings (SSSR count). The van der Waals surface area contributed by atoms with Crippen molar-refractivity contribution in [3.63, 3.8) is 0 Å². The number of carbonyl (C=O) groups is 1. The van der Waals surface area contributed by atoms with Crippen LogP contribution in [0.1, 0.15) is 34.8 Å². The smallest absolute Gasteiger partial charge is 0.272 e. The van der Waals surface area contributed by atoms with E-state index >= 15 is 0 Å². The number of benzene rings is 1. The molecule has 1 N–H and O–H groups in total. The van der Waals surface area contributed by atoms with Crippen LogP contribution in [0.3, 0.4) is 0 Å². The van der Waals surface area contributed by atoms with E-state index in [0.717, 1.165) is 5.56 Å². The van der Waals surface area contributed by atoms with Crippen molar-refractivity contribution in [2.45, 2.75) is 19.9 Å². The standard InChI is InChI=1S/C18H22N4O2/c1-13(15-6-4-3-5-7-15)19-17-12-16(20-14(2)21-17)18(23)22-8-10-24-11-9-22/h3-7,12-13H,8-11H2,1-2H3,(H,19,20,21). The second kappa shape index (κ2) is 7.40. The third-order valence-electron chi connectivity index (χ3n) is 4.02. The van der Waals surface area contributed by atoms with Crippen molar-refractivity contribution in [1.29, 1.82) is 0 Å². The molecule has 6 nitrogen and oxygen atoms in total. The van der Waals surface area contributed by atoms with Crippen LogP contribution in [0.5, 0.6) is 0 Å². The summed E-state index contributed by atoms with van der Waals surface area (Å²) in [6, 6.07) is 11.9. The van der Waals surface area contributed by atoms with Crippen molar-refractivity contribution in [2.75, 3.05) is 31.6 Å². The number of morpholine rings is 1. The molecule has 126 valence electrons. The summed E-state index contributed by atoms with van der Waals surface area (Å²) >= 11 is 0. The Kier molecular flexibility index (Phi) is 5.05. The summed E-state index contributed by atoms with van der Waals surface area (Å²) < 4.78 is 5.30. The number of aryl methyl sites for hydroxylation is 1. The Labute approximate surface area is 141 Å². The maximum atomic E-state index is 12.6. The molecule has 1 atom stereocenters. The highest BCUT2D eigenvalue weighted by atomic mass is 16.5. The zero-order valence-corrected chi connectivity index (χ0v) is 14.0. The van der Waals surface area contributed by atoms with Gasteiger partial charge in [-0.2, -0.15) is 0 Å². The lowest BCUT2D eigenvalue weighted by molar-refractivity contribution is 0.0299. The first kappa shape index (κ1) is 16.4. The zero-order valence-electron chi connectivity index (χ0n) is 14.0. The molecule has 1 aliphatic rings. The Bertz CT molecular complexity index is 699. The lowest BCUT2D eigenvalue weighted by Crippen LogP contribution is -2.41. The van der Waals surface area contributed by atoms with Crippen LogP contribution in [0.25, 0.3) is 0 Å². The maximum absolute atomic E-state index is 12.6. The van der Waals surface area contributed by atoms with E-state index in [9.17, 15) is 4.79 Å². The number of carbonyl (C=O) groups excluding carboxylic acids is 1. The first-order valence-electron chi connectivity index (χ1n) is 8.17. The average Bonchev–Trinajstić information content (AvgIpc) is 2.62. The molecule has 0 spiro atoms. The predicted octanol–water partition coefficient (Wildman–Crippen LogP) is 2.43. The minimum absolute atomic E-state index is 0.0702. The highest BCUT2D eigenvalue weighted by molar-refractivity contribution is 5.93. The van der Waals surface area contributed by atoms with Crippen LogP contribution in [-0.4, -0.2) is 47.1 Å². The Morgan fingerprint density at radius 2 is 1.92 bits per heavy atom. The highest BCUT2D eigenvalue weighted by Crippen LogP contribution is 2.18. The first-order chi connectivity index (χ1) is 11.6. The Morgan fingerprint density at radius 3 is 2.62 bits per heavy atom. The molecule has 0 saturated carbocycles. The van der Waals surface area contributed by atoms with Gasteiger partial charge in [-0.15, -0.1) is 0 Å². The molecule has 0 radical (unpaired) electrons. The van der Waals surface area contributed by atoms with Crippen LogP contribution in [0, 0.1) is 6.92 Å². The number of anilines is 1. The number of aromatic nitrogens is 2. The minimum Gasteiger partial charge on any atom is -0.378 e. The SMILES string of the molecule is Cc1nc(NC(C)c2ccccc2)cc(C(=O)N2CCOCC2)n1. The molecule has 1 aromatic carbocycles. The van der Waals surface area contributed by atoms with Crippen LogP contribution >= 0.6 is 0 Å². The molecule has 6 heteroatoms. The van der Waals surface area contributed by atoms with Crippen molar-refractivity contribution in [1.82, 2.24) is 14.9 Å². The first-order valence-corrected chi connectivity index (χ1v) is 8.17. The van der Waals surface area contributed by atoms with Gasteiger partial charge in [0.25, 0.3) is 5.91 Å². The van der Waals surface area contributed by atoms with Gasteiger partial charge >= 0.3 is 0 Å². The highest BCUT2D eigenvalue weighted by Gasteiger charge is 2.21. The number of hydrogen-bond acceptors (Lipinski definition) is 5. The van der Waals surface area contributed by atoms with E-state index in [1.54, 1.807) is 17.9 Å². The molecule has 1 unspecified atom stereocenters. The Hall–Kier alpha value is -2.47. The normalized spacial score (nSPS) is 15.8. The van der Waals surface area contributed by atoms with Gasteiger partial charge < -0.3 is 15.0 Å². The number of amides is 1. The average molecular weight is 326 g/mol. The second-order valence-corrected chi connectivity index (χ2v) is 5.87. The molecular weight excluding hydrogens is 304 g/mol. The lowest BCUT2D eigenvalue weighted by atomic mass is 10.1. The van der Waals surface area contributed by atoms with Gasteiger partial charge in [0.1, 0.15) is 17.3 Å². The summed E-state index contributed by atoms with van der Waals surface area (Å²) in [6.45, 7) is 6.22. The molecule has 2 aromatic rings. The number of nitrogens with one attached hydrogen (secondary N) is 1. The van der Waals surface area contributed by atoms with Gasteiger partial charge in [0.2, 0.25) is 0 Å². The number of ether oxygens (including phenoxy) is 1. The topological polar surface area (TPSA) is 67.4 Å². The Morgan fingerprint density at radius 1 is 1.21 bits per heavy atom. The van der Waals surface area contributed by atoms with Gasteiger partial charge in [-0.25, -0.2) is 9.97 Å². The van der Waals surface area contributed by atoms with E-state index in [1.807, 2.05) is 18.2 Å². The van der Waals surface area contributed by atoms with E-state index in [-0.39, 0.29) is 11.9 Å². The zero-order chi connectivity index (χ0) is 16.9. The molecule has 2 heterocycles. The van der Waals surface area contributed by atoms with Crippen molar-refractivity contribution in [3.05, 3.63) is 53.5 Å². The Balaban J connectivity index is 1.77. The summed E-state index contributed by atoms with van der Waals surface area (Å²) in [5, 5.41) is 3.35. The predicted molar refractivity (Wildman–Crippen MR) is 92.0 cm³/mol. The summed E-state index contributed by atoms with van der Waals surface area (Å²) in [4.78, 5) is 23.1. The fraction of sp³-hybridized carbons (Fsp3) is 0.389. The van der Waals surface area contributed by atoms with Crippen molar-refractivity contribution in [2.24, 2.45) is 0 Å². The summed E-state index contributed by atoms with van der Waals surface area (Å²) in [6.07, 6.45) is 0. The van der Waals surface area contributed by atoms with Gasteiger partial charge in [-0.3, -0.25) is 4.79 Å². The molecule has 1 aromatic heterocycles. The van der Waals surface area contributed by atoms with Crippen molar-refractivity contribution >= 4 is 11.7 Å². The molecule has 24 heavy (non-hydrogen) atoms. The van der Waals surface area contributed by atoms with Crippen LogP contribution < -0.4 is 5.32 Å². The van der Waals surface area contributed by atoms with Gasteiger partial charge in [0.05, 0.1) is 13.2 Å². The molecule has 0 bridgehead atoms. The molecule has 1 saturated heterocycles. The van der Waals surface area contributed by atoms with E-state index in [0.29, 0.717) is 43.6 Å². The van der Waals surface area contributed by atoms with Gasteiger partial charge in [-0.05, 0) is 19.4 Å². The van der Waals surface area contributed by atoms with E-state index in [1.165, 1.54) is 0 Å². The summed E-state index contributed by atoms with van der Waals surface area (Å²) in [5.41, 5.74) is 1.59. The van der Waals surface area contributed by atoms with E-state index in [2.05, 4.69) is 34.3 Å². The third kappa shape index (κ3) is 3.89. The van der Waals surface area contributed by atoms with E-state index < -0.39 is 0 Å². The van der Waals surface area contributed by atoms with Crippen molar-refractivity contribution in [3.8, 4) is 0 Å². The van der Waals surface area contributed by atoms with Crippen LogP contribution in [0.15, 0.2) is 36.4 Å². The van der Waals surface area contributed by atoms with Crippen molar-refractivity contribution < 1.29 is 9.53 Å². The monoisotopic (exact) mass is 326 g/mol. The fourth-order valence-corrected chi connectivity index (χ4v) is 2.73. The summed E-state index contributed by atoms with van der Waals surface area (Å²) in [5.74, 6) is 1.17. The number of nitrogens with zero attached hydrogens (tertiary/aromatic N) is 3. The molecule has 1 fully saturated rings. The van der Waals surface area contributed by atoms with E-state index in [4.69, 9.17) is 4.74 Å². The lowest BCUT2D eigenvalue weighted by Gasteiger charge is -2.26. The fourth-order valence-electron chi connectivity index (χ4n) is 2.73.